The quantitative estimate of drug-likeness (QED) is 0.669. The highest BCUT2D eigenvalue weighted by atomic mass is 35.5. The van der Waals surface area contributed by atoms with E-state index >= 15 is 0 Å². The van der Waals surface area contributed by atoms with Gasteiger partial charge in [-0.3, -0.25) is 0 Å². The summed E-state index contributed by atoms with van der Waals surface area (Å²) in [6.07, 6.45) is 0.520. The second-order valence-corrected chi connectivity index (χ2v) is 4.28. The Balaban J connectivity index is 3.27. The first-order valence-corrected chi connectivity index (χ1v) is 5.14. The number of carboxylic acids is 1. The molecule has 0 aliphatic heterocycles. The van der Waals surface area contributed by atoms with Crippen molar-refractivity contribution in [1.29, 1.82) is 0 Å². The first-order chi connectivity index (χ1) is 7.40. The van der Waals surface area contributed by atoms with Gasteiger partial charge in [0.25, 0.3) is 0 Å². The Kier molecular flexibility index (Phi) is 3.91. The maximum Gasteiger partial charge on any atom is 0.360 e. The summed E-state index contributed by atoms with van der Waals surface area (Å²) in [6.45, 7) is -0.385. The summed E-state index contributed by atoms with van der Waals surface area (Å²) >= 11 is 11.7. The Morgan fingerprint density at radius 2 is 2.12 bits per heavy atom. The van der Waals surface area contributed by atoms with Gasteiger partial charge in [0, 0.05) is 6.07 Å². The predicted molar refractivity (Wildman–Crippen MR) is 62.7 cm³/mol. The zero-order valence-corrected chi connectivity index (χ0v) is 10.00. The van der Waals surface area contributed by atoms with Crippen molar-refractivity contribution >= 4 is 41.3 Å². The van der Waals surface area contributed by atoms with E-state index in [1.807, 2.05) is 0 Å². The molecule has 1 aromatic carbocycles. The minimum Gasteiger partial charge on any atom is -0.477 e. The van der Waals surface area contributed by atoms with E-state index in [2.05, 4.69) is 0 Å². The Labute approximate surface area is 103 Å². The summed E-state index contributed by atoms with van der Waals surface area (Å²) in [4.78, 5) is 21.7. The van der Waals surface area contributed by atoms with Gasteiger partial charge in [-0.1, -0.05) is 29.3 Å². The first kappa shape index (κ1) is 13.0. The molecular formula is C10H10Cl2NO3+. The topological polar surface area (TPSA) is 54.4 Å². The molecule has 0 aliphatic carbocycles. The largest absolute Gasteiger partial charge is 0.477 e. The molecule has 6 heteroatoms. The summed E-state index contributed by atoms with van der Waals surface area (Å²) in [5, 5.41) is 9.23. The van der Waals surface area contributed by atoms with Gasteiger partial charge in [0.15, 0.2) is 12.2 Å². The third-order valence-corrected chi connectivity index (χ3v) is 2.99. The van der Waals surface area contributed by atoms with Crippen molar-refractivity contribution in [3.05, 3.63) is 28.2 Å². The van der Waals surface area contributed by atoms with E-state index < -0.39 is 10.5 Å². The van der Waals surface area contributed by atoms with Crippen LogP contribution in [0.3, 0.4) is 0 Å². The standard InChI is InChI=1S/C10H9Cl2NO3/c1-13(6-14,5-9(15)16)8-4-2-3-7(11)10(8)12/h2-4,6H,5H2,1H3/p+1. The van der Waals surface area contributed by atoms with E-state index in [1.165, 1.54) is 7.05 Å². The SMILES string of the molecule is C[N+](C=O)(CC(=O)O)c1cccc(Cl)c1Cl. The molecular weight excluding hydrogens is 253 g/mol. The van der Waals surface area contributed by atoms with Crippen LogP contribution in [0.5, 0.6) is 0 Å². The van der Waals surface area contributed by atoms with E-state index in [1.54, 1.807) is 18.2 Å². The molecule has 86 valence electrons. The molecule has 0 aromatic heterocycles. The molecule has 4 nitrogen and oxygen atoms in total. The van der Waals surface area contributed by atoms with Crippen LogP contribution in [-0.2, 0) is 9.59 Å². The van der Waals surface area contributed by atoms with Crippen molar-refractivity contribution in [1.82, 2.24) is 4.48 Å². The molecule has 0 aliphatic rings. The number of quaternary nitrogens is 1. The summed E-state index contributed by atoms with van der Waals surface area (Å²) in [7, 11) is 1.46. The molecule has 0 bridgehead atoms. The van der Waals surface area contributed by atoms with Gasteiger partial charge in [0.05, 0.1) is 12.1 Å². The highest BCUT2D eigenvalue weighted by molar-refractivity contribution is 6.43. The number of likely N-dealkylation sites (N-methyl/N-ethyl adjacent to an activating group) is 1. The number of halogens is 2. The van der Waals surface area contributed by atoms with Crippen molar-refractivity contribution < 1.29 is 14.7 Å². The van der Waals surface area contributed by atoms with Crippen molar-refractivity contribution in [2.75, 3.05) is 13.6 Å². The Hall–Kier alpha value is -1.10. The van der Waals surface area contributed by atoms with Crippen LogP contribution in [0, 0.1) is 0 Å². The molecule has 1 N–H and O–H groups in total. The first-order valence-electron chi connectivity index (χ1n) is 4.38. The number of carboxylic acid groups (broad SMARTS) is 1. The van der Waals surface area contributed by atoms with E-state index in [0.29, 0.717) is 12.1 Å². The minimum atomic E-state index is -1.09. The van der Waals surface area contributed by atoms with Gasteiger partial charge in [0.1, 0.15) is 5.02 Å². The fourth-order valence-electron chi connectivity index (χ4n) is 1.35. The van der Waals surface area contributed by atoms with Gasteiger partial charge >= 0.3 is 12.4 Å². The van der Waals surface area contributed by atoms with Crippen LogP contribution in [0.4, 0.5) is 5.69 Å². The zero-order valence-electron chi connectivity index (χ0n) is 8.48. The molecule has 1 rings (SSSR count). The smallest absolute Gasteiger partial charge is 0.360 e. The maximum atomic E-state index is 11.0. The average Bonchev–Trinajstić information content (AvgIpc) is 2.21. The summed E-state index contributed by atoms with van der Waals surface area (Å²) < 4.78 is -0.450. The number of hydrogen-bond donors (Lipinski definition) is 1. The fourth-order valence-corrected chi connectivity index (χ4v) is 1.84. The van der Waals surface area contributed by atoms with Crippen LogP contribution in [0.1, 0.15) is 0 Å². The third-order valence-electron chi connectivity index (χ3n) is 2.18. The van der Waals surface area contributed by atoms with E-state index in [9.17, 15) is 9.59 Å². The lowest BCUT2D eigenvalue weighted by atomic mass is 10.2. The number of aliphatic carboxylic acids is 1. The predicted octanol–water partition coefficient (Wildman–Crippen LogP) is 2.17. The molecule has 1 unspecified atom stereocenters. The number of benzene rings is 1. The summed E-state index contributed by atoms with van der Waals surface area (Å²) in [6, 6.07) is 4.76. The molecule has 0 spiro atoms. The van der Waals surface area contributed by atoms with Gasteiger partial charge in [0.2, 0.25) is 0 Å². The lowest BCUT2D eigenvalue weighted by molar-refractivity contribution is -0.139. The lowest BCUT2D eigenvalue weighted by Crippen LogP contribution is -2.47. The number of hydrogen-bond acceptors (Lipinski definition) is 2. The molecule has 0 saturated heterocycles. The van der Waals surface area contributed by atoms with Crippen LogP contribution in [0.25, 0.3) is 0 Å². The zero-order chi connectivity index (χ0) is 12.3. The van der Waals surface area contributed by atoms with Crippen molar-refractivity contribution in [3.63, 3.8) is 0 Å². The number of amides is 1. The number of carbonyl (C=O) groups is 2. The lowest BCUT2D eigenvalue weighted by Gasteiger charge is -2.25. The molecule has 16 heavy (non-hydrogen) atoms. The van der Waals surface area contributed by atoms with Crippen LogP contribution in [-0.4, -0.2) is 31.1 Å². The number of carbonyl (C=O) groups excluding carboxylic acids is 1. The van der Waals surface area contributed by atoms with Gasteiger partial charge < -0.3 is 5.11 Å². The monoisotopic (exact) mass is 262 g/mol. The van der Waals surface area contributed by atoms with E-state index in [4.69, 9.17) is 28.3 Å². The molecule has 1 atom stereocenters. The van der Waals surface area contributed by atoms with Crippen LogP contribution < -0.4 is 4.48 Å². The van der Waals surface area contributed by atoms with Gasteiger partial charge in [-0.15, -0.1) is 0 Å². The maximum absolute atomic E-state index is 11.0. The molecule has 0 heterocycles. The fraction of sp³-hybridized carbons (Fsp3) is 0.200. The van der Waals surface area contributed by atoms with Crippen LogP contribution in [0.15, 0.2) is 18.2 Å². The van der Waals surface area contributed by atoms with Crippen molar-refractivity contribution in [3.8, 4) is 0 Å². The van der Waals surface area contributed by atoms with Gasteiger partial charge in [-0.25, -0.2) is 14.1 Å². The highest BCUT2D eigenvalue weighted by Crippen LogP contribution is 2.34. The Bertz CT molecular complexity index is 436. The molecule has 0 fully saturated rings. The molecule has 1 amide bonds. The second kappa shape index (κ2) is 4.82. The Morgan fingerprint density at radius 1 is 1.50 bits per heavy atom. The van der Waals surface area contributed by atoms with Crippen LogP contribution in [0.2, 0.25) is 10.0 Å². The third kappa shape index (κ3) is 2.52. The number of nitrogens with zero attached hydrogens (tertiary/aromatic N) is 1. The molecule has 1 aromatic rings. The van der Waals surface area contributed by atoms with E-state index in [0.717, 1.165) is 0 Å². The minimum absolute atomic E-state index is 0.194. The summed E-state index contributed by atoms with van der Waals surface area (Å²) in [5.74, 6) is -1.09. The molecule has 0 radical (unpaired) electrons. The van der Waals surface area contributed by atoms with Crippen molar-refractivity contribution in [2.45, 2.75) is 0 Å². The molecule has 0 saturated carbocycles. The average molecular weight is 263 g/mol. The summed E-state index contributed by atoms with van der Waals surface area (Å²) in [5.41, 5.74) is 0.367. The van der Waals surface area contributed by atoms with Gasteiger partial charge in [-0.2, -0.15) is 0 Å². The van der Waals surface area contributed by atoms with Crippen molar-refractivity contribution in [2.24, 2.45) is 0 Å². The van der Waals surface area contributed by atoms with Gasteiger partial charge in [-0.05, 0) is 6.07 Å². The second-order valence-electron chi connectivity index (χ2n) is 3.50. The van der Waals surface area contributed by atoms with E-state index in [-0.39, 0.29) is 16.6 Å². The number of rotatable bonds is 4. The Morgan fingerprint density at radius 3 is 2.62 bits per heavy atom. The highest BCUT2D eigenvalue weighted by Gasteiger charge is 2.31. The van der Waals surface area contributed by atoms with Crippen LogP contribution >= 0.6 is 23.2 Å². The normalized spacial score (nSPS) is 14.2.